The van der Waals surface area contributed by atoms with Gasteiger partial charge in [0.25, 0.3) is 5.56 Å². The highest BCUT2D eigenvalue weighted by molar-refractivity contribution is 5.73. The van der Waals surface area contributed by atoms with E-state index in [-0.39, 0.29) is 11.6 Å². The lowest BCUT2D eigenvalue weighted by atomic mass is 9.87. The van der Waals surface area contributed by atoms with E-state index in [1.54, 1.807) is 6.20 Å². The molecule has 2 aromatic heterocycles. The molecule has 3 heterocycles. The lowest BCUT2D eigenvalue weighted by Crippen LogP contribution is -2.22. The number of aromatic amines is 1. The number of H-pyrrole nitrogens is 1. The highest BCUT2D eigenvalue weighted by Gasteiger charge is 2.21. The van der Waals surface area contributed by atoms with Gasteiger partial charge in [0.05, 0.1) is 12.2 Å². The molecule has 2 aliphatic rings. The summed E-state index contributed by atoms with van der Waals surface area (Å²) in [6.45, 7) is 1.51. The van der Waals surface area contributed by atoms with Crippen LogP contribution < -0.4 is 5.56 Å². The molecule has 0 aromatic carbocycles. The van der Waals surface area contributed by atoms with Crippen LogP contribution in [0.25, 0.3) is 11.0 Å². The standard InChI is InChI=1S/C17H24N4O2/c22-17-14-11-18-21(13-6-8-23-9-7-13)16(14)19-15(20-17)10-12-4-2-1-3-5-12/h11-13H,1-10H2,(H,19,20,22). The molecule has 0 spiro atoms. The molecule has 23 heavy (non-hydrogen) atoms. The second kappa shape index (κ2) is 6.43. The quantitative estimate of drug-likeness (QED) is 0.944. The van der Waals surface area contributed by atoms with Crippen molar-refractivity contribution in [3.8, 4) is 0 Å². The molecule has 1 aliphatic heterocycles. The van der Waals surface area contributed by atoms with Crippen LogP contribution in [0.15, 0.2) is 11.0 Å². The number of nitrogens with one attached hydrogen (secondary N) is 1. The van der Waals surface area contributed by atoms with Gasteiger partial charge in [-0.2, -0.15) is 5.10 Å². The van der Waals surface area contributed by atoms with Crippen LogP contribution in [0.1, 0.15) is 56.8 Å². The normalized spacial score (nSPS) is 21.0. The van der Waals surface area contributed by atoms with Crippen LogP contribution in [-0.2, 0) is 11.2 Å². The molecule has 6 heteroatoms. The van der Waals surface area contributed by atoms with Gasteiger partial charge in [0.2, 0.25) is 0 Å². The number of ether oxygens (including phenoxy) is 1. The van der Waals surface area contributed by atoms with Gasteiger partial charge in [-0.05, 0) is 18.8 Å². The zero-order chi connectivity index (χ0) is 15.6. The van der Waals surface area contributed by atoms with Crippen LogP contribution in [-0.4, -0.2) is 33.0 Å². The van der Waals surface area contributed by atoms with Crippen LogP contribution in [0.4, 0.5) is 0 Å². The molecule has 2 aromatic rings. The third-order valence-electron chi connectivity index (χ3n) is 5.26. The number of rotatable bonds is 3. The molecular weight excluding hydrogens is 292 g/mol. The maximum atomic E-state index is 12.4. The van der Waals surface area contributed by atoms with Crippen LogP contribution in [0.2, 0.25) is 0 Å². The van der Waals surface area contributed by atoms with Crippen molar-refractivity contribution in [3.05, 3.63) is 22.4 Å². The Morgan fingerprint density at radius 3 is 2.74 bits per heavy atom. The van der Waals surface area contributed by atoms with Crippen LogP contribution in [0.5, 0.6) is 0 Å². The maximum absolute atomic E-state index is 12.4. The van der Waals surface area contributed by atoms with Gasteiger partial charge in [-0.3, -0.25) is 4.79 Å². The largest absolute Gasteiger partial charge is 0.381 e. The number of hydrogen-bond acceptors (Lipinski definition) is 4. The molecule has 1 N–H and O–H groups in total. The molecule has 0 atom stereocenters. The summed E-state index contributed by atoms with van der Waals surface area (Å²) in [6, 6.07) is 0.290. The lowest BCUT2D eigenvalue weighted by molar-refractivity contribution is 0.0673. The van der Waals surface area contributed by atoms with Gasteiger partial charge in [0.1, 0.15) is 11.2 Å². The summed E-state index contributed by atoms with van der Waals surface area (Å²) < 4.78 is 7.37. The summed E-state index contributed by atoms with van der Waals surface area (Å²) in [4.78, 5) is 20.1. The first-order valence-electron chi connectivity index (χ1n) is 8.85. The Balaban J connectivity index is 1.65. The van der Waals surface area contributed by atoms with Gasteiger partial charge in [0, 0.05) is 19.6 Å². The van der Waals surface area contributed by atoms with E-state index in [4.69, 9.17) is 9.72 Å². The first-order chi connectivity index (χ1) is 11.3. The summed E-state index contributed by atoms with van der Waals surface area (Å²) in [6.07, 6.45) is 10.9. The van der Waals surface area contributed by atoms with Crippen molar-refractivity contribution in [2.24, 2.45) is 5.92 Å². The zero-order valence-electron chi connectivity index (χ0n) is 13.5. The van der Waals surface area contributed by atoms with Crippen molar-refractivity contribution in [1.29, 1.82) is 0 Å². The van der Waals surface area contributed by atoms with Crippen molar-refractivity contribution in [2.75, 3.05) is 13.2 Å². The minimum atomic E-state index is -0.0564. The Morgan fingerprint density at radius 1 is 1.17 bits per heavy atom. The van der Waals surface area contributed by atoms with Crippen LogP contribution >= 0.6 is 0 Å². The van der Waals surface area contributed by atoms with Gasteiger partial charge >= 0.3 is 0 Å². The van der Waals surface area contributed by atoms with E-state index in [0.29, 0.717) is 11.3 Å². The average molecular weight is 316 g/mol. The molecule has 1 saturated carbocycles. The molecule has 0 unspecified atom stereocenters. The summed E-state index contributed by atoms with van der Waals surface area (Å²) in [5.74, 6) is 1.48. The third kappa shape index (κ3) is 3.04. The fourth-order valence-corrected chi connectivity index (χ4v) is 3.94. The Bertz CT molecular complexity index is 724. The summed E-state index contributed by atoms with van der Waals surface area (Å²) in [5.41, 5.74) is 0.686. The molecule has 4 rings (SSSR count). The van der Waals surface area contributed by atoms with E-state index in [9.17, 15) is 4.79 Å². The van der Waals surface area contributed by atoms with Crippen LogP contribution in [0.3, 0.4) is 0 Å². The molecule has 6 nitrogen and oxygen atoms in total. The number of hydrogen-bond donors (Lipinski definition) is 1. The number of fused-ring (bicyclic) bond motifs is 1. The Labute approximate surface area is 135 Å². The summed E-state index contributed by atoms with van der Waals surface area (Å²) in [7, 11) is 0. The molecule has 1 saturated heterocycles. The van der Waals surface area contributed by atoms with E-state index in [1.165, 1.54) is 32.1 Å². The second-order valence-corrected chi connectivity index (χ2v) is 6.89. The first-order valence-corrected chi connectivity index (χ1v) is 8.85. The fraction of sp³-hybridized carbons (Fsp3) is 0.706. The smallest absolute Gasteiger partial charge is 0.262 e. The Morgan fingerprint density at radius 2 is 1.96 bits per heavy atom. The van der Waals surface area contributed by atoms with Gasteiger partial charge in [0.15, 0.2) is 5.65 Å². The summed E-state index contributed by atoms with van der Waals surface area (Å²) in [5, 5.41) is 5.05. The zero-order valence-corrected chi connectivity index (χ0v) is 13.5. The van der Waals surface area contributed by atoms with Crippen molar-refractivity contribution < 1.29 is 4.74 Å². The number of aromatic nitrogens is 4. The molecule has 0 radical (unpaired) electrons. The predicted molar refractivity (Wildman–Crippen MR) is 87.5 cm³/mol. The van der Waals surface area contributed by atoms with Crippen LogP contribution in [0, 0.1) is 5.92 Å². The van der Waals surface area contributed by atoms with Crippen molar-refractivity contribution >= 4 is 11.0 Å². The highest BCUT2D eigenvalue weighted by Crippen LogP contribution is 2.27. The average Bonchev–Trinajstić information content (AvgIpc) is 3.01. The van der Waals surface area contributed by atoms with Crippen molar-refractivity contribution in [1.82, 2.24) is 19.7 Å². The predicted octanol–water partition coefficient (Wildman–Crippen LogP) is 2.59. The molecule has 2 fully saturated rings. The van der Waals surface area contributed by atoms with Gasteiger partial charge in [-0.15, -0.1) is 0 Å². The van der Waals surface area contributed by atoms with E-state index < -0.39 is 0 Å². The Hall–Kier alpha value is -1.69. The fourth-order valence-electron chi connectivity index (χ4n) is 3.94. The van der Waals surface area contributed by atoms with Crippen molar-refractivity contribution in [3.63, 3.8) is 0 Å². The van der Waals surface area contributed by atoms with Gasteiger partial charge < -0.3 is 9.72 Å². The molecule has 1 aliphatic carbocycles. The van der Waals surface area contributed by atoms with Gasteiger partial charge in [-0.25, -0.2) is 9.67 Å². The minimum Gasteiger partial charge on any atom is -0.381 e. The molecule has 0 amide bonds. The minimum absolute atomic E-state index is 0.0564. The third-order valence-corrected chi connectivity index (χ3v) is 5.26. The molecular formula is C17H24N4O2. The van der Waals surface area contributed by atoms with E-state index in [2.05, 4.69) is 10.1 Å². The summed E-state index contributed by atoms with van der Waals surface area (Å²) >= 11 is 0. The second-order valence-electron chi connectivity index (χ2n) is 6.89. The first kappa shape index (κ1) is 14.9. The molecule has 0 bridgehead atoms. The monoisotopic (exact) mass is 316 g/mol. The SMILES string of the molecule is O=c1[nH]c(CC2CCCCC2)nc2c1cnn2C1CCOCC1. The number of nitrogens with zero attached hydrogens (tertiary/aromatic N) is 3. The highest BCUT2D eigenvalue weighted by atomic mass is 16.5. The maximum Gasteiger partial charge on any atom is 0.262 e. The molecule has 124 valence electrons. The van der Waals surface area contributed by atoms with Crippen molar-refractivity contribution in [2.45, 2.75) is 57.4 Å². The van der Waals surface area contributed by atoms with Gasteiger partial charge in [-0.1, -0.05) is 32.1 Å². The van der Waals surface area contributed by atoms with E-state index in [1.807, 2.05) is 4.68 Å². The Kier molecular flexibility index (Phi) is 4.16. The lowest BCUT2D eigenvalue weighted by Gasteiger charge is -2.23. The van der Waals surface area contributed by atoms with E-state index >= 15 is 0 Å². The topological polar surface area (TPSA) is 72.8 Å². The van der Waals surface area contributed by atoms with E-state index in [0.717, 1.165) is 43.9 Å².